The first-order valence-electron chi connectivity index (χ1n) is 4.51. The van der Waals surface area contributed by atoms with Crippen molar-refractivity contribution in [2.24, 2.45) is 0 Å². The van der Waals surface area contributed by atoms with Gasteiger partial charge in [-0.2, -0.15) is 0 Å². The summed E-state index contributed by atoms with van der Waals surface area (Å²) in [6.07, 6.45) is 0. The van der Waals surface area contributed by atoms with Crippen molar-refractivity contribution >= 4 is 7.82 Å². The Labute approximate surface area is 126 Å². The molecule has 0 aromatic heterocycles. The first-order chi connectivity index (χ1) is 6.68. The number of phosphoric acid groups is 1. The predicted molar refractivity (Wildman–Crippen MR) is 53.4 cm³/mol. The SMILES string of the molecule is CC(C)(C)c1ccc(OP(=O)([O-])[O-])cc1.[Li+].[Li+]. The third kappa shape index (κ3) is 7.40. The van der Waals surface area contributed by atoms with Crippen molar-refractivity contribution in [3.63, 3.8) is 0 Å². The van der Waals surface area contributed by atoms with Crippen LogP contribution in [0, 0.1) is 0 Å². The average molecular weight is 242 g/mol. The van der Waals surface area contributed by atoms with Gasteiger partial charge in [0.25, 0.3) is 0 Å². The topological polar surface area (TPSA) is 72.4 Å². The van der Waals surface area contributed by atoms with E-state index in [4.69, 9.17) is 0 Å². The van der Waals surface area contributed by atoms with Gasteiger partial charge in [0.1, 0.15) is 13.6 Å². The van der Waals surface area contributed by atoms with E-state index in [0.29, 0.717) is 0 Å². The summed E-state index contributed by atoms with van der Waals surface area (Å²) in [6, 6.07) is 6.43. The van der Waals surface area contributed by atoms with Gasteiger partial charge in [-0.25, -0.2) is 0 Å². The van der Waals surface area contributed by atoms with Crippen LogP contribution in [-0.2, 0) is 9.98 Å². The van der Waals surface area contributed by atoms with E-state index in [1.54, 1.807) is 12.1 Å². The molecule has 0 N–H and O–H groups in total. The van der Waals surface area contributed by atoms with Crippen LogP contribution in [0.1, 0.15) is 26.3 Å². The molecule has 0 aliphatic rings. The maximum Gasteiger partial charge on any atom is 1.00 e. The van der Waals surface area contributed by atoms with E-state index in [0.717, 1.165) is 5.56 Å². The van der Waals surface area contributed by atoms with Crippen LogP contribution in [-0.4, -0.2) is 0 Å². The monoisotopic (exact) mass is 242 g/mol. The summed E-state index contributed by atoms with van der Waals surface area (Å²) in [7, 11) is -4.94. The molecule has 0 aliphatic carbocycles. The number of phosphoric ester groups is 1. The first-order valence-corrected chi connectivity index (χ1v) is 5.97. The van der Waals surface area contributed by atoms with E-state index < -0.39 is 7.82 Å². The van der Waals surface area contributed by atoms with Crippen LogP contribution in [0.25, 0.3) is 0 Å². The molecule has 0 fully saturated rings. The van der Waals surface area contributed by atoms with Gasteiger partial charge in [-0.05, 0) is 23.1 Å². The summed E-state index contributed by atoms with van der Waals surface area (Å²) in [5.74, 6) is 0.0522. The molecule has 4 nitrogen and oxygen atoms in total. The van der Waals surface area contributed by atoms with Gasteiger partial charge in [0.2, 0.25) is 0 Å². The van der Waals surface area contributed by atoms with E-state index >= 15 is 0 Å². The van der Waals surface area contributed by atoms with Crippen LogP contribution in [0.2, 0.25) is 0 Å². The van der Waals surface area contributed by atoms with Crippen LogP contribution in [0.5, 0.6) is 5.75 Å². The van der Waals surface area contributed by atoms with Crippen molar-refractivity contribution in [2.45, 2.75) is 26.2 Å². The Balaban J connectivity index is 0. The fourth-order valence-corrected chi connectivity index (χ4v) is 1.52. The Morgan fingerprint density at radius 1 is 1.06 bits per heavy atom. The summed E-state index contributed by atoms with van der Waals surface area (Å²) in [5, 5.41) is 0. The van der Waals surface area contributed by atoms with Crippen LogP contribution in [0.3, 0.4) is 0 Å². The zero-order valence-electron chi connectivity index (χ0n) is 10.9. The molecule has 0 amide bonds. The standard InChI is InChI=1S/C10H15O4P.2Li/c1-10(2,3)8-4-6-9(7-5-8)14-15(11,12)13;;/h4-7H,1-3H3,(H2,11,12,13);;/q;2*+1/p-2. The van der Waals surface area contributed by atoms with Crippen LogP contribution >= 0.6 is 7.82 Å². The molecule has 0 unspecified atom stereocenters. The molecule has 0 atom stereocenters. The molecule has 84 valence electrons. The van der Waals surface area contributed by atoms with Gasteiger partial charge >= 0.3 is 37.7 Å². The van der Waals surface area contributed by atoms with Crippen molar-refractivity contribution in [1.82, 2.24) is 0 Å². The molecular formula is C10H13Li2O4P. The Hall–Kier alpha value is 0.365. The fraction of sp³-hybridized carbons (Fsp3) is 0.400. The number of rotatable bonds is 2. The second-order valence-electron chi connectivity index (χ2n) is 4.31. The van der Waals surface area contributed by atoms with Crippen molar-refractivity contribution < 1.29 is 56.6 Å². The molecule has 17 heavy (non-hydrogen) atoms. The summed E-state index contributed by atoms with van der Waals surface area (Å²) in [5.41, 5.74) is 1.03. The van der Waals surface area contributed by atoms with Crippen molar-refractivity contribution in [2.75, 3.05) is 0 Å². The fourth-order valence-electron chi connectivity index (χ4n) is 1.14. The van der Waals surface area contributed by atoms with Crippen molar-refractivity contribution in [3.8, 4) is 5.75 Å². The van der Waals surface area contributed by atoms with Crippen LogP contribution in [0.15, 0.2) is 24.3 Å². The molecule has 0 saturated carbocycles. The smallest absolute Gasteiger partial charge is 0.780 e. The average Bonchev–Trinajstić information content (AvgIpc) is 2.00. The van der Waals surface area contributed by atoms with Crippen LogP contribution < -0.4 is 52.0 Å². The van der Waals surface area contributed by atoms with Gasteiger partial charge in [0.05, 0.1) is 0 Å². The van der Waals surface area contributed by atoms with Gasteiger partial charge in [-0.3, -0.25) is 0 Å². The van der Waals surface area contributed by atoms with E-state index in [1.165, 1.54) is 12.1 Å². The van der Waals surface area contributed by atoms with Gasteiger partial charge in [-0.15, -0.1) is 0 Å². The van der Waals surface area contributed by atoms with E-state index in [2.05, 4.69) is 4.52 Å². The quantitative estimate of drug-likeness (QED) is 0.385. The Bertz CT molecular complexity index is 380. The first kappa shape index (κ1) is 19.7. The maximum absolute atomic E-state index is 10.3. The maximum atomic E-state index is 10.3. The molecule has 1 aromatic rings. The summed E-state index contributed by atoms with van der Waals surface area (Å²) in [6.45, 7) is 6.11. The van der Waals surface area contributed by atoms with Gasteiger partial charge in [-0.1, -0.05) is 32.9 Å². The molecular weight excluding hydrogens is 229 g/mol. The minimum atomic E-state index is -4.94. The summed E-state index contributed by atoms with van der Waals surface area (Å²) in [4.78, 5) is 20.7. The normalized spacial score (nSPS) is 11.1. The third-order valence-corrected chi connectivity index (χ3v) is 2.37. The molecule has 7 heteroatoms. The minimum Gasteiger partial charge on any atom is -0.780 e. The third-order valence-electron chi connectivity index (χ3n) is 1.94. The van der Waals surface area contributed by atoms with Gasteiger partial charge in [0.15, 0.2) is 0 Å². The van der Waals surface area contributed by atoms with E-state index in [1.807, 2.05) is 20.8 Å². The van der Waals surface area contributed by atoms with Crippen molar-refractivity contribution in [1.29, 1.82) is 0 Å². The number of hydrogen-bond donors (Lipinski definition) is 0. The second-order valence-corrected chi connectivity index (χ2v) is 5.39. The molecule has 0 bridgehead atoms. The van der Waals surface area contributed by atoms with Crippen LogP contribution in [0.4, 0.5) is 0 Å². The Morgan fingerprint density at radius 2 is 1.47 bits per heavy atom. The van der Waals surface area contributed by atoms with E-state index in [-0.39, 0.29) is 48.9 Å². The molecule has 1 aromatic carbocycles. The zero-order chi connectivity index (χ0) is 11.7. The van der Waals surface area contributed by atoms with Crippen molar-refractivity contribution in [3.05, 3.63) is 29.8 Å². The number of hydrogen-bond acceptors (Lipinski definition) is 4. The number of benzene rings is 1. The molecule has 0 heterocycles. The Kier molecular flexibility index (Phi) is 8.20. The van der Waals surface area contributed by atoms with Gasteiger partial charge in [0, 0.05) is 0 Å². The summed E-state index contributed by atoms with van der Waals surface area (Å²) >= 11 is 0. The predicted octanol–water partition coefficient (Wildman–Crippen LogP) is -4.80. The zero-order valence-corrected chi connectivity index (χ0v) is 11.8. The van der Waals surface area contributed by atoms with Gasteiger partial charge < -0.3 is 18.9 Å². The summed E-state index contributed by atoms with van der Waals surface area (Å²) < 4.78 is 14.5. The largest absolute Gasteiger partial charge is 1.00 e. The Morgan fingerprint density at radius 3 is 1.76 bits per heavy atom. The molecule has 1 rings (SSSR count). The molecule has 0 spiro atoms. The molecule has 0 radical (unpaired) electrons. The van der Waals surface area contributed by atoms with E-state index in [9.17, 15) is 14.4 Å². The minimum absolute atomic E-state index is 0. The molecule has 0 saturated heterocycles. The second kappa shape index (κ2) is 7.08. The molecule has 0 aliphatic heterocycles.